The molecule has 0 saturated carbocycles. The lowest BCUT2D eigenvalue weighted by molar-refractivity contribution is 0.411. The number of aryl methyl sites for hydroxylation is 2. The molecule has 3 nitrogen and oxygen atoms in total. The van der Waals surface area contributed by atoms with E-state index in [1.807, 2.05) is 25.3 Å². The van der Waals surface area contributed by atoms with Gasteiger partial charge in [-0.15, -0.1) is 11.3 Å². The van der Waals surface area contributed by atoms with E-state index in [0.717, 1.165) is 33.1 Å². The smallest absolute Gasteiger partial charge is 0.123 e. The summed E-state index contributed by atoms with van der Waals surface area (Å²) in [6, 6.07) is 6.23. The predicted molar refractivity (Wildman–Crippen MR) is 72.9 cm³/mol. The van der Waals surface area contributed by atoms with Gasteiger partial charge in [0.15, 0.2) is 0 Å². The van der Waals surface area contributed by atoms with Crippen LogP contribution in [0.15, 0.2) is 17.5 Å². The van der Waals surface area contributed by atoms with Gasteiger partial charge in [0.25, 0.3) is 0 Å². The maximum Gasteiger partial charge on any atom is 0.123 e. The summed E-state index contributed by atoms with van der Waals surface area (Å²) >= 11 is 1.58. The van der Waals surface area contributed by atoms with Crippen molar-refractivity contribution in [2.75, 3.05) is 7.11 Å². The zero-order chi connectivity index (χ0) is 13.1. The molecule has 1 aromatic carbocycles. The SMILES string of the molecule is COc1cc(C)c(-c2nc(CC#N)cs2)cc1C. The van der Waals surface area contributed by atoms with E-state index in [9.17, 15) is 0 Å². The molecular formula is C14H14N2OS. The highest BCUT2D eigenvalue weighted by atomic mass is 32.1. The van der Waals surface area contributed by atoms with Crippen LogP contribution in [0.3, 0.4) is 0 Å². The van der Waals surface area contributed by atoms with Crippen molar-refractivity contribution >= 4 is 11.3 Å². The lowest BCUT2D eigenvalue weighted by Gasteiger charge is -2.09. The molecule has 0 N–H and O–H groups in total. The molecule has 0 spiro atoms. The van der Waals surface area contributed by atoms with E-state index in [0.29, 0.717) is 6.42 Å². The highest BCUT2D eigenvalue weighted by Gasteiger charge is 2.10. The van der Waals surface area contributed by atoms with Crippen molar-refractivity contribution in [2.24, 2.45) is 0 Å². The molecule has 92 valence electrons. The molecule has 1 heterocycles. The summed E-state index contributed by atoms with van der Waals surface area (Å²) in [6.07, 6.45) is 0.366. The molecule has 0 fully saturated rings. The Morgan fingerprint density at radius 3 is 2.78 bits per heavy atom. The Bertz CT molecular complexity index is 611. The van der Waals surface area contributed by atoms with Crippen LogP contribution in [-0.4, -0.2) is 12.1 Å². The molecule has 0 unspecified atom stereocenters. The van der Waals surface area contributed by atoms with Gasteiger partial charge in [-0.1, -0.05) is 0 Å². The van der Waals surface area contributed by atoms with Crippen molar-refractivity contribution in [1.82, 2.24) is 4.98 Å². The second-order valence-corrected chi connectivity index (χ2v) is 4.97. The molecule has 1 aromatic heterocycles. The first kappa shape index (κ1) is 12.6. The molecule has 2 rings (SSSR count). The van der Waals surface area contributed by atoms with E-state index in [4.69, 9.17) is 10.00 Å². The van der Waals surface area contributed by atoms with E-state index in [2.05, 4.69) is 17.1 Å². The van der Waals surface area contributed by atoms with Gasteiger partial charge in [-0.25, -0.2) is 4.98 Å². The Hall–Kier alpha value is -1.86. The Morgan fingerprint density at radius 1 is 1.33 bits per heavy atom. The van der Waals surface area contributed by atoms with Crippen molar-refractivity contribution < 1.29 is 4.74 Å². The topological polar surface area (TPSA) is 45.9 Å². The standard InChI is InChI=1S/C14H14N2OS/c1-9-7-13(17-3)10(2)6-12(9)14-16-11(4-5-15)8-18-14/h6-8H,4H2,1-3H3. The minimum Gasteiger partial charge on any atom is -0.496 e. The van der Waals surface area contributed by atoms with Crippen LogP contribution < -0.4 is 4.74 Å². The van der Waals surface area contributed by atoms with Gasteiger partial charge in [-0.05, 0) is 37.1 Å². The first-order valence-corrected chi connectivity index (χ1v) is 6.50. The number of hydrogen-bond acceptors (Lipinski definition) is 4. The second kappa shape index (κ2) is 5.19. The van der Waals surface area contributed by atoms with Crippen LogP contribution in [0.5, 0.6) is 5.75 Å². The highest BCUT2D eigenvalue weighted by Crippen LogP contribution is 2.31. The van der Waals surface area contributed by atoms with E-state index < -0.39 is 0 Å². The molecule has 0 aliphatic heterocycles. The lowest BCUT2D eigenvalue weighted by Crippen LogP contribution is -1.91. The van der Waals surface area contributed by atoms with Gasteiger partial charge < -0.3 is 4.74 Å². The van der Waals surface area contributed by atoms with E-state index in [1.54, 1.807) is 18.4 Å². The van der Waals surface area contributed by atoms with Gasteiger partial charge in [0.1, 0.15) is 10.8 Å². The van der Waals surface area contributed by atoms with Gasteiger partial charge in [0, 0.05) is 10.9 Å². The monoisotopic (exact) mass is 258 g/mol. The second-order valence-electron chi connectivity index (χ2n) is 4.12. The molecular weight excluding hydrogens is 244 g/mol. The molecule has 2 aromatic rings. The summed E-state index contributed by atoms with van der Waals surface area (Å²) in [4.78, 5) is 4.48. The average molecular weight is 258 g/mol. The fourth-order valence-electron chi connectivity index (χ4n) is 1.83. The third kappa shape index (κ3) is 2.36. The van der Waals surface area contributed by atoms with E-state index >= 15 is 0 Å². The van der Waals surface area contributed by atoms with Crippen LogP contribution in [0.4, 0.5) is 0 Å². The molecule has 4 heteroatoms. The van der Waals surface area contributed by atoms with Crippen molar-refractivity contribution in [3.63, 3.8) is 0 Å². The number of nitrogens with zero attached hydrogens (tertiary/aromatic N) is 2. The number of methoxy groups -OCH3 is 1. The fraction of sp³-hybridized carbons (Fsp3) is 0.286. The lowest BCUT2D eigenvalue weighted by atomic mass is 10.1. The predicted octanol–water partition coefficient (Wildman–Crippen LogP) is 3.50. The zero-order valence-corrected chi connectivity index (χ0v) is 11.5. The molecule has 18 heavy (non-hydrogen) atoms. The normalized spacial score (nSPS) is 10.1. The third-order valence-corrected chi connectivity index (χ3v) is 3.71. The summed E-state index contributed by atoms with van der Waals surface area (Å²) in [6.45, 7) is 4.06. The molecule has 0 radical (unpaired) electrons. The summed E-state index contributed by atoms with van der Waals surface area (Å²) in [5.41, 5.74) is 4.18. The first-order valence-electron chi connectivity index (χ1n) is 5.62. The van der Waals surface area contributed by atoms with Crippen molar-refractivity contribution in [1.29, 1.82) is 5.26 Å². The number of hydrogen-bond donors (Lipinski definition) is 0. The van der Waals surface area contributed by atoms with Crippen LogP contribution in [0, 0.1) is 25.2 Å². The van der Waals surface area contributed by atoms with Crippen LogP contribution in [-0.2, 0) is 6.42 Å². The number of rotatable bonds is 3. The van der Waals surface area contributed by atoms with Gasteiger partial charge >= 0.3 is 0 Å². The zero-order valence-electron chi connectivity index (χ0n) is 10.7. The maximum atomic E-state index is 8.66. The Morgan fingerprint density at radius 2 is 2.11 bits per heavy atom. The largest absolute Gasteiger partial charge is 0.496 e. The van der Waals surface area contributed by atoms with Crippen LogP contribution >= 0.6 is 11.3 Å². The van der Waals surface area contributed by atoms with Gasteiger partial charge in [0.2, 0.25) is 0 Å². The van der Waals surface area contributed by atoms with E-state index in [1.165, 1.54) is 0 Å². The Labute approximate surface area is 111 Å². The maximum absolute atomic E-state index is 8.66. The van der Waals surface area contributed by atoms with Crippen molar-refractivity contribution in [2.45, 2.75) is 20.3 Å². The molecule has 0 bridgehead atoms. The molecule has 0 saturated heterocycles. The van der Waals surface area contributed by atoms with Crippen LogP contribution in [0.1, 0.15) is 16.8 Å². The fourth-order valence-corrected chi connectivity index (χ4v) is 2.73. The minimum absolute atomic E-state index is 0.366. The number of benzene rings is 1. The number of ether oxygens (including phenoxy) is 1. The Balaban J connectivity index is 2.44. The molecule has 0 aliphatic carbocycles. The average Bonchev–Trinajstić information content (AvgIpc) is 2.80. The molecule has 0 aliphatic rings. The number of aromatic nitrogens is 1. The summed E-state index contributed by atoms with van der Waals surface area (Å²) < 4.78 is 5.30. The highest BCUT2D eigenvalue weighted by molar-refractivity contribution is 7.13. The van der Waals surface area contributed by atoms with Crippen molar-refractivity contribution in [3.8, 4) is 22.4 Å². The van der Waals surface area contributed by atoms with Crippen LogP contribution in [0.2, 0.25) is 0 Å². The molecule has 0 atom stereocenters. The quantitative estimate of drug-likeness (QED) is 0.846. The number of nitriles is 1. The van der Waals surface area contributed by atoms with E-state index in [-0.39, 0.29) is 0 Å². The first-order chi connectivity index (χ1) is 8.65. The van der Waals surface area contributed by atoms with Gasteiger partial charge in [-0.3, -0.25) is 0 Å². The minimum atomic E-state index is 0.366. The van der Waals surface area contributed by atoms with Gasteiger partial charge in [-0.2, -0.15) is 5.26 Å². The third-order valence-electron chi connectivity index (χ3n) is 2.78. The molecule has 0 amide bonds. The van der Waals surface area contributed by atoms with Crippen molar-refractivity contribution in [3.05, 3.63) is 34.3 Å². The summed E-state index contributed by atoms with van der Waals surface area (Å²) in [5, 5.41) is 11.6. The Kier molecular flexibility index (Phi) is 3.63. The van der Waals surface area contributed by atoms with Gasteiger partial charge in [0.05, 0.1) is 25.3 Å². The summed E-state index contributed by atoms with van der Waals surface area (Å²) in [5.74, 6) is 0.894. The van der Waals surface area contributed by atoms with Crippen LogP contribution in [0.25, 0.3) is 10.6 Å². The summed E-state index contributed by atoms with van der Waals surface area (Å²) in [7, 11) is 1.68. The number of thiazole rings is 1.